The molecule has 4 heteroatoms. The van der Waals surface area contributed by atoms with E-state index in [9.17, 15) is 5.11 Å². The topological polar surface area (TPSA) is 50.9 Å². The van der Waals surface area contributed by atoms with Crippen molar-refractivity contribution >= 4 is 0 Å². The zero-order chi connectivity index (χ0) is 15.4. The fourth-order valence-electron chi connectivity index (χ4n) is 4.75. The highest BCUT2D eigenvalue weighted by Gasteiger charge is 2.46. The number of pyridine rings is 1. The van der Waals surface area contributed by atoms with E-state index in [2.05, 4.69) is 20.6 Å². The lowest BCUT2D eigenvalue weighted by molar-refractivity contribution is 0.0556. The van der Waals surface area contributed by atoms with Crippen LogP contribution in [0.5, 0.6) is 0 Å². The Kier molecular flexibility index (Phi) is 2.93. The summed E-state index contributed by atoms with van der Waals surface area (Å²) >= 11 is 0. The molecule has 3 aliphatic rings. The molecule has 1 spiro atoms. The minimum atomic E-state index is -0.237. The number of aliphatic hydroxyl groups excluding tert-OH is 1. The van der Waals surface area contributed by atoms with Gasteiger partial charge in [-0.15, -0.1) is 0 Å². The molecule has 0 unspecified atom stereocenters. The molecule has 2 atom stereocenters. The zero-order valence-corrected chi connectivity index (χ0v) is 13.4. The summed E-state index contributed by atoms with van der Waals surface area (Å²) < 4.78 is 2.19. The van der Waals surface area contributed by atoms with Crippen molar-refractivity contribution in [2.75, 3.05) is 0 Å². The van der Waals surface area contributed by atoms with Gasteiger partial charge in [-0.05, 0) is 62.0 Å². The predicted octanol–water partition coefficient (Wildman–Crippen LogP) is 3.57. The summed E-state index contributed by atoms with van der Waals surface area (Å²) in [6.45, 7) is 0. The first-order chi connectivity index (χ1) is 11.3. The molecule has 2 aromatic rings. The molecule has 5 rings (SSSR count). The van der Waals surface area contributed by atoms with Crippen molar-refractivity contribution in [3.63, 3.8) is 0 Å². The second-order valence-corrected chi connectivity index (χ2v) is 7.78. The maximum atomic E-state index is 10.9. The highest BCUT2D eigenvalue weighted by molar-refractivity contribution is 5.66. The fourth-order valence-corrected chi connectivity index (χ4v) is 4.75. The fraction of sp³-hybridized carbons (Fsp3) is 0.579. The Morgan fingerprint density at radius 3 is 2.87 bits per heavy atom. The second kappa shape index (κ2) is 4.91. The van der Waals surface area contributed by atoms with E-state index < -0.39 is 0 Å². The molecule has 2 aromatic heterocycles. The van der Waals surface area contributed by atoms with Crippen LogP contribution >= 0.6 is 0 Å². The molecule has 0 amide bonds. The van der Waals surface area contributed by atoms with Crippen molar-refractivity contribution < 1.29 is 5.11 Å². The third kappa shape index (κ3) is 2.15. The highest BCUT2D eigenvalue weighted by Crippen LogP contribution is 2.57. The van der Waals surface area contributed by atoms with Crippen molar-refractivity contribution in [1.29, 1.82) is 0 Å². The number of nitrogens with zero attached hydrogens (tertiary/aromatic N) is 3. The van der Waals surface area contributed by atoms with Crippen molar-refractivity contribution in [3.05, 3.63) is 36.5 Å². The van der Waals surface area contributed by atoms with Gasteiger partial charge in [0.2, 0.25) is 0 Å². The normalized spacial score (nSPS) is 26.0. The third-order valence-corrected chi connectivity index (χ3v) is 6.49. The molecule has 0 bridgehead atoms. The monoisotopic (exact) mass is 309 g/mol. The summed E-state index contributed by atoms with van der Waals surface area (Å²) in [6.07, 6.45) is 14.1. The van der Waals surface area contributed by atoms with E-state index in [4.69, 9.17) is 0 Å². The molecule has 120 valence electrons. The number of hydrogen-bond acceptors (Lipinski definition) is 3. The van der Waals surface area contributed by atoms with E-state index in [1.807, 2.05) is 24.8 Å². The van der Waals surface area contributed by atoms with Crippen LogP contribution in [0.15, 0.2) is 30.9 Å². The lowest BCUT2D eigenvalue weighted by atomic mass is 9.76. The van der Waals surface area contributed by atoms with Gasteiger partial charge in [-0.2, -0.15) is 0 Å². The summed E-state index contributed by atoms with van der Waals surface area (Å²) in [5.74, 6) is 0.459. The lowest BCUT2D eigenvalue weighted by Gasteiger charge is -2.32. The molecular weight excluding hydrogens is 286 g/mol. The average Bonchev–Trinajstić information content (AvgIpc) is 3.06. The first-order valence-electron chi connectivity index (χ1n) is 8.91. The van der Waals surface area contributed by atoms with Gasteiger partial charge in [0.05, 0.1) is 36.1 Å². The Morgan fingerprint density at radius 2 is 2.09 bits per heavy atom. The van der Waals surface area contributed by atoms with Crippen LogP contribution in [-0.4, -0.2) is 25.7 Å². The van der Waals surface area contributed by atoms with Crippen molar-refractivity contribution in [1.82, 2.24) is 14.5 Å². The maximum Gasteiger partial charge on any atom is 0.0957 e. The van der Waals surface area contributed by atoms with Crippen LogP contribution in [0.3, 0.4) is 0 Å². The van der Waals surface area contributed by atoms with Crippen LogP contribution < -0.4 is 0 Å². The van der Waals surface area contributed by atoms with Crippen LogP contribution in [-0.2, 0) is 0 Å². The van der Waals surface area contributed by atoms with E-state index in [0.717, 1.165) is 17.8 Å². The van der Waals surface area contributed by atoms with Gasteiger partial charge in [-0.1, -0.05) is 0 Å². The van der Waals surface area contributed by atoms with E-state index in [-0.39, 0.29) is 12.1 Å². The van der Waals surface area contributed by atoms with Gasteiger partial charge in [0.1, 0.15) is 0 Å². The van der Waals surface area contributed by atoms with Crippen LogP contribution in [0.1, 0.15) is 56.7 Å². The Bertz CT molecular complexity index is 724. The Labute approximate surface area is 136 Å². The van der Waals surface area contributed by atoms with Gasteiger partial charge in [0.25, 0.3) is 0 Å². The molecule has 2 saturated carbocycles. The molecule has 23 heavy (non-hydrogen) atoms. The number of hydrogen-bond donors (Lipinski definition) is 1. The lowest BCUT2D eigenvalue weighted by Crippen LogP contribution is -2.28. The van der Waals surface area contributed by atoms with Gasteiger partial charge in [0.15, 0.2) is 0 Å². The largest absolute Gasteiger partial charge is 0.393 e. The van der Waals surface area contributed by atoms with Crippen molar-refractivity contribution in [3.8, 4) is 11.3 Å². The first-order valence-corrected chi connectivity index (χ1v) is 8.91. The standard InChI is InChI=1S/C19H23N3O/c23-17(13-3-5-19(6-4-13)7-8-19)10-15-18-14(2-1-9-21-18)16-11-20-12-22(15)16/h1-2,9,11-13,15,17,23H,3-8,10H2/t15-,17+/m1/s1. The summed E-state index contributed by atoms with van der Waals surface area (Å²) in [6, 6.07) is 4.22. The summed E-state index contributed by atoms with van der Waals surface area (Å²) in [4.78, 5) is 8.89. The van der Waals surface area contributed by atoms with E-state index in [1.165, 1.54) is 44.1 Å². The van der Waals surface area contributed by atoms with Gasteiger partial charge in [-0.3, -0.25) is 4.98 Å². The molecule has 0 saturated heterocycles. The van der Waals surface area contributed by atoms with Gasteiger partial charge in [0, 0.05) is 18.2 Å². The molecule has 2 aliphatic carbocycles. The molecular formula is C19H23N3O. The summed E-state index contributed by atoms with van der Waals surface area (Å²) in [7, 11) is 0. The predicted molar refractivity (Wildman–Crippen MR) is 87.8 cm³/mol. The first kappa shape index (κ1) is 13.7. The Morgan fingerprint density at radius 1 is 1.26 bits per heavy atom. The van der Waals surface area contributed by atoms with Crippen LogP contribution in [0.4, 0.5) is 0 Å². The molecule has 0 radical (unpaired) electrons. The average molecular weight is 309 g/mol. The highest BCUT2D eigenvalue weighted by atomic mass is 16.3. The molecule has 4 nitrogen and oxygen atoms in total. The van der Waals surface area contributed by atoms with Crippen molar-refractivity contribution in [2.24, 2.45) is 11.3 Å². The molecule has 0 aromatic carbocycles. The van der Waals surface area contributed by atoms with E-state index >= 15 is 0 Å². The smallest absolute Gasteiger partial charge is 0.0957 e. The van der Waals surface area contributed by atoms with E-state index in [1.54, 1.807) is 0 Å². The minimum Gasteiger partial charge on any atom is -0.393 e. The third-order valence-electron chi connectivity index (χ3n) is 6.49. The molecule has 3 heterocycles. The summed E-state index contributed by atoms with van der Waals surface area (Å²) in [5, 5.41) is 10.9. The summed E-state index contributed by atoms with van der Waals surface area (Å²) in [5.41, 5.74) is 4.09. The van der Waals surface area contributed by atoms with Gasteiger partial charge < -0.3 is 9.67 Å². The van der Waals surface area contributed by atoms with E-state index in [0.29, 0.717) is 11.3 Å². The second-order valence-electron chi connectivity index (χ2n) is 7.78. The number of aliphatic hydroxyl groups is 1. The van der Waals surface area contributed by atoms with Gasteiger partial charge >= 0.3 is 0 Å². The number of aromatic nitrogens is 3. The number of fused-ring (bicyclic) bond motifs is 3. The Hall–Kier alpha value is -1.68. The molecule has 1 aliphatic heterocycles. The van der Waals surface area contributed by atoms with Crippen LogP contribution in [0.25, 0.3) is 11.3 Å². The zero-order valence-electron chi connectivity index (χ0n) is 13.4. The quantitative estimate of drug-likeness (QED) is 0.943. The van der Waals surface area contributed by atoms with Crippen LogP contribution in [0.2, 0.25) is 0 Å². The van der Waals surface area contributed by atoms with Crippen LogP contribution in [0, 0.1) is 11.3 Å². The minimum absolute atomic E-state index is 0.135. The SMILES string of the molecule is O[C@@H](C[C@@H]1c2ncccc2-c2cncn21)C1CCC2(CC1)CC2. The Balaban J connectivity index is 1.36. The van der Waals surface area contributed by atoms with Gasteiger partial charge in [-0.25, -0.2) is 4.98 Å². The molecule has 1 N–H and O–H groups in total. The van der Waals surface area contributed by atoms with Crippen molar-refractivity contribution in [2.45, 2.75) is 57.1 Å². The molecule has 2 fully saturated rings. The maximum absolute atomic E-state index is 10.9. The number of imidazole rings is 1. The number of rotatable bonds is 3.